The van der Waals surface area contributed by atoms with E-state index in [1.54, 1.807) is 6.92 Å². The Balaban J connectivity index is 2.09. The lowest BCUT2D eigenvalue weighted by Crippen LogP contribution is -2.39. The molecule has 0 radical (unpaired) electrons. The second-order valence-corrected chi connectivity index (χ2v) is 6.61. The Morgan fingerprint density at radius 2 is 2.00 bits per heavy atom. The first-order chi connectivity index (χ1) is 9.99. The lowest BCUT2D eigenvalue weighted by Gasteiger charge is -2.25. The summed E-state index contributed by atoms with van der Waals surface area (Å²) in [6.07, 6.45) is 5.94. The summed E-state index contributed by atoms with van der Waals surface area (Å²) in [4.78, 5) is 22.5. The molecule has 1 aliphatic rings. The monoisotopic (exact) mass is 311 g/mol. The van der Waals surface area contributed by atoms with Crippen molar-refractivity contribution < 1.29 is 9.59 Å². The SMILES string of the molecule is Cc1nnc(S[C@H](C)C(=O)NC(N)=O)n1C1CCCCC1. The fourth-order valence-electron chi connectivity index (χ4n) is 2.62. The number of primary amides is 1. The predicted molar refractivity (Wildman–Crippen MR) is 79.9 cm³/mol. The molecule has 0 aromatic carbocycles. The first-order valence-electron chi connectivity index (χ1n) is 7.17. The molecule has 3 amide bonds. The van der Waals surface area contributed by atoms with Gasteiger partial charge in [0.25, 0.3) is 0 Å². The number of amides is 3. The van der Waals surface area contributed by atoms with Gasteiger partial charge in [-0.2, -0.15) is 0 Å². The van der Waals surface area contributed by atoms with Crippen molar-refractivity contribution in [1.29, 1.82) is 0 Å². The molecular weight excluding hydrogens is 290 g/mol. The molecule has 8 heteroatoms. The average Bonchev–Trinajstić information content (AvgIpc) is 2.80. The van der Waals surface area contributed by atoms with E-state index in [1.807, 2.05) is 6.92 Å². The number of imide groups is 1. The number of aromatic nitrogens is 3. The van der Waals surface area contributed by atoms with Crippen LogP contribution < -0.4 is 11.1 Å². The van der Waals surface area contributed by atoms with E-state index in [0.717, 1.165) is 23.8 Å². The normalized spacial score (nSPS) is 17.4. The van der Waals surface area contributed by atoms with Gasteiger partial charge in [0.15, 0.2) is 5.16 Å². The number of carbonyl (C=O) groups excluding carboxylic acids is 2. The standard InChI is InChI=1S/C13H21N5O2S/c1-8(11(19)15-12(14)20)21-13-17-16-9(2)18(13)10-6-4-3-5-7-10/h8,10H,3-7H2,1-2H3,(H3,14,15,19,20)/t8-/m1/s1. The minimum absolute atomic E-state index is 0.405. The number of urea groups is 1. The van der Waals surface area contributed by atoms with Crippen molar-refractivity contribution in [2.24, 2.45) is 5.73 Å². The molecule has 21 heavy (non-hydrogen) atoms. The van der Waals surface area contributed by atoms with Gasteiger partial charge in [0.1, 0.15) is 5.82 Å². The van der Waals surface area contributed by atoms with Crippen LogP contribution in [-0.2, 0) is 4.79 Å². The molecule has 3 N–H and O–H groups in total. The van der Waals surface area contributed by atoms with Crippen molar-refractivity contribution in [3.63, 3.8) is 0 Å². The topological polar surface area (TPSA) is 103 Å². The largest absolute Gasteiger partial charge is 0.351 e. The van der Waals surface area contributed by atoms with E-state index in [4.69, 9.17) is 5.73 Å². The number of hydrogen-bond acceptors (Lipinski definition) is 5. The quantitative estimate of drug-likeness (QED) is 0.825. The van der Waals surface area contributed by atoms with E-state index < -0.39 is 17.2 Å². The zero-order valence-electron chi connectivity index (χ0n) is 12.3. The van der Waals surface area contributed by atoms with Gasteiger partial charge in [0.2, 0.25) is 5.91 Å². The maximum Gasteiger partial charge on any atom is 0.318 e. The number of carbonyl (C=O) groups is 2. The van der Waals surface area contributed by atoms with E-state index in [1.165, 1.54) is 31.0 Å². The van der Waals surface area contributed by atoms with Crippen molar-refractivity contribution in [3.05, 3.63) is 5.82 Å². The number of nitrogens with one attached hydrogen (secondary N) is 1. The molecule has 1 heterocycles. The third-order valence-electron chi connectivity index (χ3n) is 3.67. The Morgan fingerprint density at radius 3 is 2.62 bits per heavy atom. The first kappa shape index (κ1) is 15.8. The van der Waals surface area contributed by atoms with Crippen LogP contribution in [0.3, 0.4) is 0 Å². The Labute approximate surface area is 128 Å². The lowest BCUT2D eigenvalue weighted by atomic mass is 9.95. The van der Waals surface area contributed by atoms with Crippen LogP contribution in [0.25, 0.3) is 0 Å². The molecule has 0 bridgehead atoms. The number of rotatable bonds is 4. The van der Waals surface area contributed by atoms with Gasteiger partial charge in [0.05, 0.1) is 5.25 Å². The van der Waals surface area contributed by atoms with Crippen molar-refractivity contribution in [2.75, 3.05) is 0 Å². The molecule has 1 saturated carbocycles. The lowest BCUT2D eigenvalue weighted by molar-refractivity contribution is -0.119. The summed E-state index contributed by atoms with van der Waals surface area (Å²) in [6.45, 7) is 3.65. The van der Waals surface area contributed by atoms with Crippen LogP contribution in [-0.4, -0.2) is 32.0 Å². The van der Waals surface area contributed by atoms with Crippen LogP contribution in [0, 0.1) is 6.92 Å². The highest BCUT2D eigenvalue weighted by Crippen LogP contribution is 2.33. The molecule has 0 aliphatic heterocycles. The van der Waals surface area contributed by atoms with Crippen LogP contribution in [0.2, 0.25) is 0 Å². The second-order valence-electron chi connectivity index (χ2n) is 5.31. The molecule has 1 aromatic heterocycles. The van der Waals surface area contributed by atoms with Crippen LogP contribution in [0.15, 0.2) is 5.16 Å². The zero-order valence-corrected chi connectivity index (χ0v) is 13.2. The van der Waals surface area contributed by atoms with E-state index in [9.17, 15) is 9.59 Å². The number of nitrogens with zero attached hydrogens (tertiary/aromatic N) is 3. The maximum atomic E-state index is 11.8. The van der Waals surface area contributed by atoms with Crippen molar-refractivity contribution in [3.8, 4) is 0 Å². The Hall–Kier alpha value is -1.57. The average molecular weight is 311 g/mol. The highest BCUT2D eigenvalue weighted by Gasteiger charge is 2.24. The van der Waals surface area contributed by atoms with Gasteiger partial charge in [-0.25, -0.2) is 4.79 Å². The molecule has 1 aliphatic carbocycles. The van der Waals surface area contributed by atoms with Gasteiger partial charge in [-0.15, -0.1) is 10.2 Å². The van der Waals surface area contributed by atoms with Crippen LogP contribution in [0.4, 0.5) is 4.79 Å². The summed E-state index contributed by atoms with van der Waals surface area (Å²) in [5.41, 5.74) is 4.96. The van der Waals surface area contributed by atoms with Gasteiger partial charge in [0, 0.05) is 6.04 Å². The summed E-state index contributed by atoms with van der Waals surface area (Å²) in [7, 11) is 0. The number of thioether (sulfide) groups is 1. The number of aryl methyl sites for hydroxylation is 1. The molecule has 1 fully saturated rings. The molecule has 0 spiro atoms. The highest BCUT2D eigenvalue weighted by molar-refractivity contribution is 8.00. The summed E-state index contributed by atoms with van der Waals surface area (Å²) < 4.78 is 2.12. The van der Waals surface area contributed by atoms with E-state index in [0.29, 0.717) is 6.04 Å². The highest BCUT2D eigenvalue weighted by atomic mass is 32.2. The van der Waals surface area contributed by atoms with E-state index >= 15 is 0 Å². The van der Waals surface area contributed by atoms with E-state index in [2.05, 4.69) is 20.1 Å². The van der Waals surface area contributed by atoms with Crippen molar-refractivity contribution in [1.82, 2.24) is 20.1 Å². The van der Waals surface area contributed by atoms with Crippen LogP contribution in [0.1, 0.15) is 50.9 Å². The molecule has 0 unspecified atom stereocenters. The minimum Gasteiger partial charge on any atom is -0.351 e. The predicted octanol–water partition coefficient (Wildman–Crippen LogP) is 1.77. The molecule has 2 rings (SSSR count). The summed E-state index contributed by atoms with van der Waals surface area (Å²) >= 11 is 1.30. The summed E-state index contributed by atoms with van der Waals surface area (Å²) in [6, 6.07) is -0.431. The van der Waals surface area contributed by atoms with Crippen molar-refractivity contribution in [2.45, 2.75) is 62.4 Å². The third-order valence-corrected chi connectivity index (χ3v) is 4.73. The molecule has 1 aromatic rings. The third kappa shape index (κ3) is 3.96. The van der Waals surface area contributed by atoms with Crippen LogP contribution >= 0.6 is 11.8 Å². The second kappa shape index (κ2) is 6.93. The number of hydrogen-bond donors (Lipinski definition) is 2. The fourth-order valence-corrected chi connectivity index (χ4v) is 3.59. The van der Waals surface area contributed by atoms with E-state index in [-0.39, 0.29) is 0 Å². The van der Waals surface area contributed by atoms with Gasteiger partial charge in [-0.05, 0) is 26.7 Å². The summed E-state index contributed by atoms with van der Waals surface area (Å²) in [5, 5.41) is 10.7. The van der Waals surface area contributed by atoms with Gasteiger partial charge >= 0.3 is 6.03 Å². The smallest absolute Gasteiger partial charge is 0.318 e. The number of nitrogens with two attached hydrogens (primary N) is 1. The zero-order chi connectivity index (χ0) is 15.4. The van der Waals surface area contributed by atoms with Gasteiger partial charge in [-0.3, -0.25) is 10.1 Å². The van der Waals surface area contributed by atoms with Gasteiger partial charge in [-0.1, -0.05) is 31.0 Å². The van der Waals surface area contributed by atoms with Gasteiger partial charge < -0.3 is 10.3 Å². The first-order valence-corrected chi connectivity index (χ1v) is 8.05. The molecule has 7 nitrogen and oxygen atoms in total. The van der Waals surface area contributed by atoms with Crippen LogP contribution in [0.5, 0.6) is 0 Å². The Kier molecular flexibility index (Phi) is 5.22. The Morgan fingerprint density at radius 1 is 1.33 bits per heavy atom. The molecular formula is C13H21N5O2S. The Bertz CT molecular complexity index is 525. The molecule has 1 atom stereocenters. The molecule has 116 valence electrons. The van der Waals surface area contributed by atoms with Crippen molar-refractivity contribution >= 4 is 23.7 Å². The summed E-state index contributed by atoms with van der Waals surface area (Å²) in [5.74, 6) is 0.454. The minimum atomic E-state index is -0.836. The fraction of sp³-hybridized carbons (Fsp3) is 0.692. The maximum absolute atomic E-state index is 11.8. The molecule has 0 saturated heterocycles.